The van der Waals surface area contributed by atoms with Gasteiger partial charge in [-0.05, 0) is 67.6 Å². The summed E-state index contributed by atoms with van der Waals surface area (Å²) in [6.07, 6.45) is 3.02. The molecule has 2 aliphatic rings. The van der Waals surface area contributed by atoms with Crippen molar-refractivity contribution in [1.29, 1.82) is 0 Å². The van der Waals surface area contributed by atoms with Crippen molar-refractivity contribution in [1.82, 2.24) is 10.2 Å². The van der Waals surface area contributed by atoms with Gasteiger partial charge in [-0.25, -0.2) is 0 Å². The zero-order chi connectivity index (χ0) is 20.2. The maximum Gasteiger partial charge on any atom is 0.251 e. The number of anilines is 1. The lowest BCUT2D eigenvalue weighted by Crippen LogP contribution is -2.37. The second kappa shape index (κ2) is 8.66. The molecule has 0 bridgehead atoms. The first-order chi connectivity index (χ1) is 14.1. The van der Waals surface area contributed by atoms with Gasteiger partial charge in [0.1, 0.15) is 5.75 Å². The summed E-state index contributed by atoms with van der Waals surface area (Å²) in [5.41, 5.74) is 3.76. The number of carbonyl (C=O) groups excluding carboxylic acids is 2. The summed E-state index contributed by atoms with van der Waals surface area (Å²) in [6, 6.07) is 13.6. The third-order valence-electron chi connectivity index (χ3n) is 5.27. The van der Waals surface area contributed by atoms with Crippen LogP contribution in [0.3, 0.4) is 0 Å². The van der Waals surface area contributed by atoms with Crippen LogP contribution in [0.2, 0.25) is 0 Å². The first kappa shape index (κ1) is 19.5. The number of fused-ring (bicyclic) bond motifs is 1. The predicted octanol–water partition coefficient (Wildman–Crippen LogP) is 2.97. The van der Waals surface area contributed by atoms with Gasteiger partial charge >= 0.3 is 0 Å². The minimum atomic E-state index is -0.0821. The van der Waals surface area contributed by atoms with Crippen molar-refractivity contribution < 1.29 is 14.3 Å². The van der Waals surface area contributed by atoms with Gasteiger partial charge in [-0.15, -0.1) is 0 Å². The Labute approximate surface area is 171 Å². The molecule has 0 spiro atoms. The highest BCUT2D eigenvalue weighted by atomic mass is 16.5. The number of amides is 2. The highest BCUT2D eigenvalue weighted by Gasteiger charge is 2.24. The van der Waals surface area contributed by atoms with Crippen molar-refractivity contribution in [3.63, 3.8) is 0 Å². The molecule has 2 aromatic rings. The van der Waals surface area contributed by atoms with Gasteiger partial charge in [0.25, 0.3) is 5.91 Å². The number of hydrogen-bond acceptors (Lipinski definition) is 4. The van der Waals surface area contributed by atoms with Crippen LogP contribution in [-0.2, 0) is 17.8 Å². The number of nitrogens with zero attached hydrogens (tertiary/aromatic N) is 1. The van der Waals surface area contributed by atoms with Gasteiger partial charge in [0, 0.05) is 30.4 Å². The molecule has 1 aliphatic heterocycles. The van der Waals surface area contributed by atoms with Gasteiger partial charge in [0.15, 0.2) is 0 Å². The van der Waals surface area contributed by atoms with Crippen LogP contribution in [-0.4, -0.2) is 42.5 Å². The summed E-state index contributed by atoms with van der Waals surface area (Å²) in [6.45, 7) is 4.51. The van der Waals surface area contributed by atoms with Gasteiger partial charge in [-0.2, -0.15) is 0 Å². The molecular weight excluding hydrogens is 366 g/mol. The molecule has 1 fully saturated rings. The molecule has 0 aromatic heterocycles. The van der Waals surface area contributed by atoms with Crippen molar-refractivity contribution in [2.24, 2.45) is 0 Å². The molecule has 6 heteroatoms. The second-order valence-corrected chi connectivity index (χ2v) is 7.70. The molecule has 152 valence electrons. The Balaban J connectivity index is 1.34. The van der Waals surface area contributed by atoms with Crippen LogP contribution >= 0.6 is 0 Å². The fourth-order valence-corrected chi connectivity index (χ4v) is 3.62. The largest absolute Gasteiger partial charge is 0.494 e. The lowest BCUT2D eigenvalue weighted by molar-refractivity contribution is -0.117. The fraction of sp³-hybridized carbons (Fsp3) is 0.391. The summed E-state index contributed by atoms with van der Waals surface area (Å²) in [4.78, 5) is 26.9. The molecule has 1 heterocycles. The molecule has 4 rings (SSSR count). The average molecular weight is 393 g/mol. The third-order valence-corrected chi connectivity index (χ3v) is 5.27. The molecule has 29 heavy (non-hydrogen) atoms. The van der Waals surface area contributed by atoms with Crippen molar-refractivity contribution in [2.45, 2.75) is 38.8 Å². The highest BCUT2D eigenvalue weighted by molar-refractivity contribution is 5.97. The summed E-state index contributed by atoms with van der Waals surface area (Å²) >= 11 is 0. The first-order valence-corrected chi connectivity index (χ1v) is 10.3. The van der Waals surface area contributed by atoms with E-state index < -0.39 is 0 Å². The Hall–Kier alpha value is -2.86. The standard InChI is InChI=1S/C23H27N3O3/c1-2-29-21-9-6-16-10-11-26(14-18(16)13-21)15-22(27)24-20-5-3-4-17(12-20)23(28)25-19-7-8-19/h3-6,9,12-13,19H,2,7-8,10-11,14-15H2,1H3,(H,24,27)(H,25,28). The molecule has 1 saturated carbocycles. The van der Waals surface area contributed by atoms with E-state index in [1.807, 2.05) is 19.1 Å². The van der Waals surface area contributed by atoms with Crippen molar-refractivity contribution in [3.8, 4) is 5.75 Å². The Morgan fingerprint density at radius 2 is 2.00 bits per heavy atom. The van der Waals surface area contributed by atoms with Crippen LogP contribution in [0.5, 0.6) is 5.75 Å². The van der Waals surface area contributed by atoms with Gasteiger partial charge in [0.05, 0.1) is 13.2 Å². The number of nitrogens with one attached hydrogen (secondary N) is 2. The van der Waals surface area contributed by atoms with Crippen molar-refractivity contribution >= 4 is 17.5 Å². The SMILES string of the molecule is CCOc1ccc2c(c1)CN(CC(=O)Nc1cccc(C(=O)NC3CC3)c1)CC2. The van der Waals surface area contributed by atoms with Crippen LogP contribution < -0.4 is 15.4 Å². The zero-order valence-electron chi connectivity index (χ0n) is 16.7. The molecular formula is C23H27N3O3. The molecule has 2 aromatic carbocycles. The van der Waals surface area contributed by atoms with E-state index in [2.05, 4.69) is 27.7 Å². The molecule has 2 N–H and O–H groups in total. The molecule has 0 unspecified atom stereocenters. The van der Waals surface area contributed by atoms with Crippen LogP contribution in [0.1, 0.15) is 41.3 Å². The van der Waals surface area contributed by atoms with Gasteiger partial charge < -0.3 is 15.4 Å². The molecule has 1 aliphatic carbocycles. The molecule has 0 saturated heterocycles. The minimum Gasteiger partial charge on any atom is -0.494 e. The average Bonchev–Trinajstić information content (AvgIpc) is 3.52. The van der Waals surface area contributed by atoms with E-state index in [1.165, 1.54) is 11.1 Å². The van der Waals surface area contributed by atoms with E-state index in [0.29, 0.717) is 30.4 Å². The van der Waals surface area contributed by atoms with Crippen LogP contribution in [0.4, 0.5) is 5.69 Å². The van der Waals surface area contributed by atoms with E-state index in [-0.39, 0.29) is 11.8 Å². The van der Waals surface area contributed by atoms with E-state index in [0.717, 1.165) is 38.1 Å². The summed E-state index contributed by atoms with van der Waals surface area (Å²) in [7, 11) is 0. The lowest BCUT2D eigenvalue weighted by Gasteiger charge is -2.28. The Bertz CT molecular complexity index is 908. The smallest absolute Gasteiger partial charge is 0.251 e. The van der Waals surface area contributed by atoms with Crippen LogP contribution in [0.15, 0.2) is 42.5 Å². The van der Waals surface area contributed by atoms with E-state index >= 15 is 0 Å². The molecule has 6 nitrogen and oxygen atoms in total. The number of rotatable bonds is 7. The monoisotopic (exact) mass is 393 g/mol. The molecule has 2 amide bonds. The quantitative estimate of drug-likeness (QED) is 0.759. The Morgan fingerprint density at radius 1 is 1.14 bits per heavy atom. The fourth-order valence-electron chi connectivity index (χ4n) is 3.62. The third kappa shape index (κ3) is 5.15. The van der Waals surface area contributed by atoms with E-state index in [1.54, 1.807) is 18.2 Å². The Morgan fingerprint density at radius 3 is 2.79 bits per heavy atom. The first-order valence-electron chi connectivity index (χ1n) is 10.3. The van der Waals surface area contributed by atoms with Crippen molar-refractivity contribution in [3.05, 3.63) is 59.2 Å². The topological polar surface area (TPSA) is 70.7 Å². The van der Waals surface area contributed by atoms with Crippen LogP contribution in [0, 0.1) is 0 Å². The summed E-state index contributed by atoms with van der Waals surface area (Å²) in [5, 5.41) is 5.89. The maximum atomic E-state index is 12.6. The predicted molar refractivity (Wildman–Crippen MR) is 112 cm³/mol. The van der Waals surface area contributed by atoms with Gasteiger partial charge in [-0.3, -0.25) is 14.5 Å². The van der Waals surface area contributed by atoms with Gasteiger partial charge in [0.2, 0.25) is 5.91 Å². The maximum absolute atomic E-state index is 12.6. The number of hydrogen-bond donors (Lipinski definition) is 2. The minimum absolute atomic E-state index is 0.0748. The normalized spacial score (nSPS) is 16.0. The number of carbonyl (C=O) groups is 2. The zero-order valence-corrected chi connectivity index (χ0v) is 16.7. The van der Waals surface area contributed by atoms with Crippen molar-refractivity contribution in [2.75, 3.05) is 25.0 Å². The van der Waals surface area contributed by atoms with E-state index in [4.69, 9.17) is 4.74 Å². The number of benzene rings is 2. The molecule has 0 atom stereocenters. The molecule has 0 radical (unpaired) electrons. The summed E-state index contributed by atoms with van der Waals surface area (Å²) < 4.78 is 5.60. The lowest BCUT2D eigenvalue weighted by atomic mass is 9.99. The highest BCUT2D eigenvalue weighted by Crippen LogP contribution is 2.24. The van der Waals surface area contributed by atoms with Gasteiger partial charge in [-0.1, -0.05) is 12.1 Å². The van der Waals surface area contributed by atoms with Crippen LogP contribution in [0.25, 0.3) is 0 Å². The second-order valence-electron chi connectivity index (χ2n) is 7.70. The van der Waals surface area contributed by atoms with E-state index in [9.17, 15) is 9.59 Å². The summed E-state index contributed by atoms with van der Waals surface area (Å²) in [5.74, 6) is 0.717. The Kier molecular flexibility index (Phi) is 5.81. The number of ether oxygens (including phenoxy) is 1.